The topological polar surface area (TPSA) is 36.4 Å². The Morgan fingerprint density at radius 2 is 1.95 bits per heavy atom. The number of nitrogens with zero attached hydrogens (tertiary/aromatic N) is 2. The molecule has 2 rings (SSSR count). The number of pyridine rings is 1. The zero-order chi connectivity index (χ0) is 14.0. The van der Waals surface area contributed by atoms with Crippen LogP contribution in [0, 0.1) is 5.92 Å². The molecule has 106 valence electrons. The molecule has 19 heavy (non-hydrogen) atoms. The third-order valence-corrected chi connectivity index (χ3v) is 3.54. The number of aromatic nitrogens is 1. The molecular weight excluding hydrogens is 257 g/mol. The first-order valence-electron chi connectivity index (χ1n) is 6.33. The SMILES string of the molecule is CC(O)c1ccc(N2CCC(C(F)(F)F)CC2)nc1. The Hall–Kier alpha value is -1.30. The van der Waals surface area contributed by atoms with Gasteiger partial charge in [-0.1, -0.05) is 6.07 Å². The first kappa shape index (κ1) is 14.1. The van der Waals surface area contributed by atoms with Crippen molar-refractivity contribution >= 4 is 5.82 Å². The van der Waals surface area contributed by atoms with Gasteiger partial charge in [0.2, 0.25) is 0 Å². The highest BCUT2D eigenvalue weighted by Gasteiger charge is 2.41. The molecule has 1 unspecified atom stereocenters. The maximum atomic E-state index is 12.6. The van der Waals surface area contributed by atoms with Gasteiger partial charge >= 0.3 is 6.18 Å². The predicted molar refractivity (Wildman–Crippen MR) is 65.9 cm³/mol. The van der Waals surface area contributed by atoms with Crippen molar-refractivity contribution in [1.82, 2.24) is 4.98 Å². The highest BCUT2D eigenvalue weighted by Crippen LogP contribution is 2.35. The smallest absolute Gasteiger partial charge is 0.389 e. The van der Waals surface area contributed by atoms with Crippen molar-refractivity contribution in [2.24, 2.45) is 5.92 Å². The standard InChI is InChI=1S/C13H17F3N2O/c1-9(19)10-2-3-12(17-8-10)18-6-4-11(5-7-18)13(14,15)16/h2-3,8-9,11,19H,4-7H2,1H3. The average molecular weight is 274 g/mol. The molecular formula is C13H17F3N2O. The summed E-state index contributed by atoms with van der Waals surface area (Å²) in [7, 11) is 0. The summed E-state index contributed by atoms with van der Waals surface area (Å²) in [6.07, 6.45) is -2.88. The fourth-order valence-electron chi connectivity index (χ4n) is 2.27. The predicted octanol–water partition coefficient (Wildman–Crippen LogP) is 2.91. The Kier molecular flexibility index (Phi) is 3.99. The first-order chi connectivity index (χ1) is 8.88. The third kappa shape index (κ3) is 3.37. The van der Waals surface area contributed by atoms with Gasteiger partial charge in [0.15, 0.2) is 0 Å². The van der Waals surface area contributed by atoms with E-state index in [4.69, 9.17) is 0 Å². The van der Waals surface area contributed by atoms with E-state index in [9.17, 15) is 18.3 Å². The molecule has 6 heteroatoms. The molecule has 0 aliphatic carbocycles. The van der Waals surface area contributed by atoms with Gasteiger partial charge in [-0.25, -0.2) is 4.98 Å². The van der Waals surface area contributed by atoms with Gasteiger partial charge in [-0.2, -0.15) is 13.2 Å². The van der Waals surface area contributed by atoms with Crippen molar-refractivity contribution < 1.29 is 18.3 Å². The van der Waals surface area contributed by atoms with Crippen LogP contribution >= 0.6 is 0 Å². The quantitative estimate of drug-likeness (QED) is 0.900. The van der Waals surface area contributed by atoms with E-state index < -0.39 is 18.2 Å². The van der Waals surface area contributed by atoms with E-state index in [1.165, 1.54) is 0 Å². The number of aliphatic hydroxyl groups is 1. The molecule has 1 aliphatic rings. The minimum Gasteiger partial charge on any atom is -0.389 e. The van der Waals surface area contributed by atoms with Crippen LogP contribution in [0.15, 0.2) is 18.3 Å². The van der Waals surface area contributed by atoms with Gasteiger partial charge in [-0.05, 0) is 31.4 Å². The fraction of sp³-hybridized carbons (Fsp3) is 0.615. The monoisotopic (exact) mass is 274 g/mol. The lowest BCUT2D eigenvalue weighted by Gasteiger charge is -2.33. The van der Waals surface area contributed by atoms with Crippen molar-refractivity contribution in [2.45, 2.75) is 32.0 Å². The highest BCUT2D eigenvalue weighted by atomic mass is 19.4. The number of aliphatic hydroxyl groups excluding tert-OH is 1. The van der Waals surface area contributed by atoms with Crippen molar-refractivity contribution in [3.8, 4) is 0 Å². The second-order valence-electron chi connectivity index (χ2n) is 4.93. The molecule has 3 nitrogen and oxygen atoms in total. The number of hydrogen-bond donors (Lipinski definition) is 1. The van der Waals surface area contributed by atoms with Gasteiger partial charge in [0.25, 0.3) is 0 Å². The number of rotatable bonds is 2. The van der Waals surface area contributed by atoms with Crippen LogP contribution in [-0.4, -0.2) is 29.4 Å². The molecule has 0 saturated carbocycles. The van der Waals surface area contributed by atoms with Crippen LogP contribution in [0.25, 0.3) is 0 Å². The molecule has 1 atom stereocenters. The lowest BCUT2D eigenvalue weighted by atomic mass is 9.96. The number of alkyl halides is 3. The summed E-state index contributed by atoms with van der Waals surface area (Å²) in [4.78, 5) is 6.05. The molecule has 0 amide bonds. The first-order valence-corrected chi connectivity index (χ1v) is 6.33. The van der Waals surface area contributed by atoms with E-state index in [1.54, 1.807) is 25.3 Å². The molecule has 1 aromatic heterocycles. The van der Waals surface area contributed by atoms with Gasteiger partial charge in [-0.3, -0.25) is 0 Å². The summed E-state index contributed by atoms with van der Waals surface area (Å²) < 4.78 is 37.7. The molecule has 1 fully saturated rings. The molecule has 0 aromatic carbocycles. The van der Waals surface area contributed by atoms with Crippen LogP contribution in [0.2, 0.25) is 0 Å². The molecule has 1 saturated heterocycles. The van der Waals surface area contributed by atoms with E-state index >= 15 is 0 Å². The van der Waals surface area contributed by atoms with Crippen molar-refractivity contribution in [2.75, 3.05) is 18.0 Å². The lowest BCUT2D eigenvalue weighted by molar-refractivity contribution is -0.179. The van der Waals surface area contributed by atoms with Gasteiger partial charge in [0, 0.05) is 19.3 Å². The average Bonchev–Trinajstić information content (AvgIpc) is 2.38. The van der Waals surface area contributed by atoms with E-state index in [2.05, 4.69) is 4.98 Å². The fourth-order valence-corrected chi connectivity index (χ4v) is 2.27. The second-order valence-corrected chi connectivity index (χ2v) is 4.93. The summed E-state index contributed by atoms with van der Waals surface area (Å²) in [5.74, 6) is -0.523. The summed E-state index contributed by atoms with van der Waals surface area (Å²) in [6, 6.07) is 3.50. The van der Waals surface area contributed by atoms with E-state index in [-0.39, 0.29) is 12.8 Å². The Morgan fingerprint density at radius 3 is 2.37 bits per heavy atom. The Balaban J connectivity index is 1.98. The molecule has 1 aliphatic heterocycles. The summed E-state index contributed by atoms with van der Waals surface area (Å²) in [5, 5.41) is 9.37. The number of halogens is 3. The van der Waals surface area contributed by atoms with Gasteiger partial charge < -0.3 is 10.0 Å². The van der Waals surface area contributed by atoms with E-state index in [0.717, 1.165) is 0 Å². The van der Waals surface area contributed by atoms with Gasteiger partial charge in [-0.15, -0.1) is 0 Å². The second kappa shape index (κ2) is 5.36. The summed E-state index contributed by atoms with van der Waals surface area (Å²) in [5.41, 5.74) is 0.703. The molecule has 2 heterocycles. The van der Waals surface area contributed by atoms with Crippen LogP contribution in [0.3, 0.4) is 0 Å². The summed E-state index contributed by atoms with van der Waals surface area (Å²) in [6.45, 7) is 2.38. The highest BCUT2D eigenvalue weighted by molar-refractivity contribution is 5.40. The van der Waals surface area contributed by atoms with E-state index in [0.29, 0.717) is 24.5 Å². The summed E-state index contributed by atoms with van der Waals surface area (Å²) >= 11 is 0. The molecule has 0 bridgehead atoms. The number of hydrogen-bond acceptors (Lipinski definition) is 3. The lowest BCUT2D eigenvalue weighted by Crippen LogP contribution is -2.39. The zero-order valence-corrected chi connectivity index (χ0v) is 10.7. The van der Waals surface area contributed by atoms with Crippen LogP contribution in [0.4, 0.5) is 19.0 Å². The van der Waals surface area contributed by atoms with Crippen LogP contribution < -0.4 is 4.90 Å². The molecule has 1 N–H and O–H groups in total. The van der Waals surface area contributed by atoms with Crippen LogP contribution in [0.1, 0.15) is 31.4 Å². The number of piperidine rings is 1. The van der Waals surface area contributed by atoms with E-state index in [1.807, 2.05) is 4.90 Å². The molecule has 0 radical (unpaired) electrons. The minimum absolute atomic E-state index is 0.114. The minimum atomic E-state index is -4.09. The van der Waals surface area contributed by atoms with Crippen molar-refractivity contribution in [1.29, 1.82) is 0 Å². The maximum absolute atomic E-state index is 12.6. The van der Waals surface area contributed by atoms with Crippen LogP contribution in [0.5, 0.6) is 0 Å². The van der Waals surface area contributed by atoms with Crippen molar-refractivity contribution in [3.05, 3.63) is 23.9 Å². The largest absolute Gasteiger partial charge is 0.391 e. The van der Waals surface area contributed by atoms with Gasteiger partial charge in [0.1, 0.15) is 5.82 Å². The van der Waals surface area contributed by atoms with Crippen LogP contribution in [-0.2, 0) is 0 Å². The Morgan fingerprint density at radius 1 is 1.32 bits per heavy atom. The van der Waals surface area contributed by atoms with Gasteiger partial charge in [0.05, 0.1) is 12.0 Å². The molecule has 0 spiro atoms. The zero-order valence-electron chi connectivity index (χ0n) is 10.7. The van der Waals surface area contributed by atoms with Crippen molar-refractivity contribution in [3.63, 3.8) is 0 Å². The third-order valence-electron chi connectivity index (χ3n) is 3.54. The Bertz CT molecular complexity index is 409. The molecule has 1 aromatic rings. The Labute approximate surface area is 110 Å². The normalized spacial score (nSPS) is 19.5. The maximum Gasteiger partial charge on any atom is 0.391 e. The number of anilines is 1.